The van der Waals surface area contributed by atoms with Gasteiger partial charge in [0.1, 0.15) is 0 Å². The number of amides is 4. The molecule has 18 heteroatoms. The number of benzene rings is 6. The van der Waals surface area contributed by atoms with Crippen molar-refractivity contribution >= 4 is 58.3 Å². The number of ketones is 2. The predicted octanol–water partition coefficient (Wildman–Crippen LogP) is 14.0. The second-order valence-corrected chi connectivity index (χ2v) is 17.0. The highest BCUT2D eigenvalue weighted by molar-refractivity contribution is 6.04. The fraction of sp³-hybridized carbons (Fsp3) is 0.250. The van der Waals surface area contributed by atoms with Crippen molar-refractivity contribution in [2.45, 2.75) is 71.6 Å². The van der Waals surface area contributed by atoms with Gasteiger partial charge < -0.3 is 31.1 Å². The van der Waals surface area contributed by atoms with Gasteiger partial charge in [0.05, 0.1) is 30.6 Å². The summed E-state index contributed by atoms with van der Waals surface area (Å²) in [4.78, 5) is 72.7. The summed E-state index contributed by atoms with van der Waals surface area (Å²) in [5, 5.41) is 19.0. The number of ether oxygens (including phenoxy) is 1. The number of halogens is 6. The van der Waals surface area contributed by atoms with Gasteiger partial charge >= 0.3 is 36.4 Å². The van der Waals surface area contributed by atoms with Crippen LogP contribution in [-0.2, 0) is 39.5 Å². The number of carboxylic acids is 1. The van der Waals surface area contributed by atoms with Gasteiger partial charge in [-0.3, -0.25) is 19.2 Å². The van der Waals surface area contributed by atoms with Crippen molar-refractivity contribution in [1.29, 1.82) is 0 Å². The minimum atomic E-state index is -4.51. The van der Waals surface area contributed by atoms with Crippen LogP contribution in [0.15, 0.2) is 133 Å². The number of alkyl halides is 6. The third-order valence-corrected chi connectivity index (χ3v) is 12.0. The summed E-state index contributed by atoms with van der Waals surface area (Å²) in [7, 11) is 0. The Morgan fingerprint density at radius 1 is 0.527 bits per heavy atom. The van der Waals surface area contributed by atoms with Crippen LogP contribution in [0.3, 0.4) is 0 Å². The zero-order chi connectivity index (χ0) is 53.7. The van der Waals surface area contributed by atoms with Crippen molar-refractivity contribution in [1.82, 2.24) is 0 Å². The van der Waals surface area contributed by atoms with E-state index in [-0.39, 0.29) is 54.3 Å². The molecule has 0 heterocycles. The number of esters is 1. The number of carbonyl (C=O) groups is 6. The molecule has 0 saturated heterocycles. The normalized spacial score (nSPS) is 14.8. The largest absolute Gasteiger partial charge is 0.481 e. The number of Topliss-reactive ketones (excluding diaryl/α,β-unsaturated/α-hetero) is 2. The topological polar surface area (TPSA) is 180 Å². The van der Waals surface area contributed by atoms with Crippen LogP contribution in [0.1, 0.15) is 89.4 Å². The van der Waals surface area contributed by atoms with Crippen LogP contribution in [0.2, 0.25) is 0 Å². The summed E-state index contributed by atoms with van der Waals surface area (Å²) < 4.78 is 82.1. The molecule has 0 aromatic heterocycles. The number of nitrogens with one attached hydrogen (secondary N) is 4. The first-order chi connectivity index (χ1) is 35.2. The first-order valence-electron chi connectivity index (χ1n) is 23.7. The average Bonchev–Trinajstić information content (AvgIpc) is 3.36. The molecular formula is C56H52F6N4O8. The Bertz CT molecular complexity index is 3010. The maximum absolute atomic E-state index is 12.9. The molecule has 2 aliphatic rings. The zero-order valence-corrected chi connectivity index (χ0v) is 40.4. The van der Waals surface area contributed by atoms with E-state index in [1.54, 1.807) is 73.7 Å². The maximum Gasteiger partial charge on any atom is 0.416 e. The molecule has 12 nitrogen and oxygen atoms in total. The number of aryl methyl sites for hydroxylation is 2. The molecule has 4 amide bonds. The van der Waals surface area contributed by atoms with Crippen LogP contribution in [-0.4, -0.2) is 47.3 Å². The van der Waals surface area contributed by atoms with E-state index >= 15 is 0 Å². The zero-order valence-electron chi connectivity index (χ0n) is 40.4. The van der Waals surface area contributed by atoms with Crippen molar-refractivity contribution in [3.8, 4) is 22.3 Å². The van der Waals surface area contributed by atoms with Crippen LogP contribution in [0.5, 0.6) is 0 Å². The highest BCUT2D eigenvalue weighted by Gasteiger charge is 2.33. The Balaban J connectivity index is 0.000000234. The lowest BCUT2D eigenvalue weighted by atomic mass is 9.80. The molecule has 0 radical (unpaired) electrons. The van der Waals surface area contributed by atoms with Crippen molar-refractivity contribution in [3.63, 3.8) is 0 Å². The van der Waals surface area contributed by atoms with Crippen LogP contribution in [0, 0.1) is 11.8 Å². The fourth-order valence-corrected chi connectivity index (χ4v) is 8.45. The molecule has 0 fully saturated rings. The highest BCUT2D eigenvalue weighted by atomic mass is 19.4. The quantitative estimate of drug-likeness (QED) is 0.0628. The summed E-state index contributed by atoms with van der Waals surface area (Å²) in [6.07, 6.45) is -6.73. The number of carbonyl (C=O) groups excluding carboxylic acids is 5. The maximum atomic E-state index is 12.9. The minimum Gasteiger partial charge on any atom is -0.481 e. The number of rotatable bonds is 11. The number of hydrogen-bond acceptors (Lipinski definition) is 7. The van der Waals surface area contributed by atoms with E-state index in [2.05, 4.69) is 21.3 Å². The van der Waals surface area contributed by atoms with Crippen LogP contribution >= 0.6 is 0 Å². The lowest BCUT2D eigenvalue weighted by Gasteiger charge is -2.23. The molecule has 0 bridgehead atoms. The summed E-state index contributed by atoms with van der Waals surface area (Å²) >= 11 is 0. The monoisotopic (exact) mass is 1020 g/mol. The van der Waals surface area contributed by atoms with Gasteiger partial charge in [0.2, 0.25) is 0 Å². The van der Waals surface area contributed by atoms with Crippen LogP contribution in [0.25, 0.3) is 22.3 Å². The summed E-state index contributed by atoms with van der Waals surface area (Å²) in [5.41, 5.74) is 5.69. The molecule has 2 unspecified atom stereocenters. The Morgan fingerprint density at radius 2 is 0.905 bits per heavy atom. The lowest BCUT2D eigenvalue weighted by molar-refractivity contribution is -0.144. The predicted molar refractivity (Wildman–Crippen MR) is 269 cm³/mol. The van der Waals surface area contributed by atoms with E-state index in [1.165, 1.54) is 24.3 Å². The number of aliphatic carboxylic acids is 1. The van der Waals surface area contributed by atoms with Gasteiger partial charge in [0, 0.05) is 45.7 Å². The first kappa shape index (κ1) is 55.0. The third-order valence-electron chi connectivity index (χ3n) is 12.0. The van der Waals surface area contributed by atoms with E-state index in [0.29, 0.717) is 48.2 Å². The standard InChI is InChI=1S/C28H25F3N2O4.C26H21F3N2O4.C2H6/c1-2-37-25(34)15-20-7-6-19-14-18(10-13-24(19)26(20)35)17-8-11-22(12-9-17)32-27(36)33-23-5-3-4-21(16-23)28(29,30)31;27-26(28,29)19-2-1-3-21(14-19)31-25(35)30-20-9-6-15(7-10-20)16-8-11-22-17(12-16)4-5-18(24(22)34)13-23(32)33;1-2/h3-5,8-14,16,20H,2,6-7,15H2,1H3,(H2,32,33,36);1-3,6-12,14,18H,4-5,13H2,(H,32,33)(H2,30,31,35);1-2H3. The van der Waals surface area contributed by atoms with Gasteiger partial charge in [0.15, 0.2) is 11.6 Å². The van der Waals surface area contributed by atoms with E-state index in [0.717, 1.165) is 57.6 Å². The van der Waals surface area contributed by atoms with Crippen molar-refractivity contribution < 1.29 is 65.0 Å². The molecule has 8 rings (SSSR count). The first-order valence-corrected chi connectivity index (χ1v) is 23.7. The Kier molecular flexibility index (Phi) is 18.2. The molecule has 2 atom stereocenters. The molecule has 6 aromatic rings. The highest BCUT2D eigenvalue weighted by Crippen LogP contribution is 2.35. The number of fused-ring (bicyclic) bond motifs is 2. The molecule has 0 spiro atoms. The van der Waals surface area contributed by atoms with Crippen LogP contribution < -0.4 is 21.3 Å². The smallest absolute Gasteiger partial charge is 0.416 e. The number of urea groups is 2. The van der Waals surface area contributed by atoms with Crippen molar-refractivity contribution in [3.05, 3.63) is 167 Å². The Labute approximate surface area is 422 Å². The van der Waals surface area contributed by atoms with Gasteiger partial charge in [-0.25, -0.2) is 9.59 Å². The van der Waals surface area contributed by atoms with E-state index in [4.69, 9.17) is 9.84 Å². The van der Waals surface area contributed by atoms with Gasteiger partial charge in [-0.15, -0.1) is 0 Å². The van der Waals surface area contributed by atoms with Gasteiger partial charge in [-0.05, 0) is 127 Å². The Hall–Kier alpha value is -8.28. The third kappa shape index (κ3) is 14.7. The molecule has 0 saturated carbocycles. The number of carboxylic acid groups (broad SMARTS) is 1. The second-order valence-electron chi connectivity index (χ2n) is 17.0. The molecule has 386 valence electrons. The summed E-state index contributed by atoms with van der Waals surface area (Å²) in [5.74, 6) is -2.42. The fourth-order valence-electron chi connectivity index (χ4n) is 8.45. The molecule has 2 aliphatic carbocycles. The molecule has 6 aromatic carbocycles. The molecule has 74 heavy (non-hydrogen) atoms. The minimum absolute atomic E-state index is 0.0168. The Morgan fingerprint density at radius 3 is 1.28 bits per heavy atom. The van der Waals surface area contributed by atoms with Crippen molar-refractivity contribution in [2.75, 3.05) is 27.9 Å². The number of anilines is 4. The summed E-state index contributed by atoms with van der Waals surface area (Å²) in [6, 6.07) is 32.2. The second kappa shape index (κ2) is 24.4. The van der Waals surface area contributed by atoms with E-state index in [1.807, 2.05) is 32.0 Å². The summed E-state index contributed by atoms with van der Waals surface area (Å²) in [6.45, 7) is 6.02. The van der Waals surface area contributed by atoms with Crippen molar-refractivity contribution in [2.24, 2.45) is 11.8 Å². The van der Waals surface area contributed by atoms with Gasteiger partial charge in [0.25, 0.3) is 0 Å². The lowest BCUT2D eigenvalue weighted by Crippen LogP contribution is -2.25. The molecule has 5 N–H and O–H groups in total. The molecular weight excluding hydrogens is 971 g/mol. The van der Waals surface area contributed by atoms with E-state index in [9.17, 15) is 55.1 Å². The van der Waals surface area contributed by atoms with Gasteiger partial charge in [-0.1, -0.05) is 86.6 Å². The average molecular weight is 1020 g/mol. The van der Waals surface area contributed by atoms with E-state index < -0.39 is 47.4 Å². The number of hydrogen-bond donors (Lipinski definition) is 5. The van der Waals surface area contributed by atoms with Crippen LogP contribution in [0.4, 0.5) is 58.7 Å². The molecule has 0 aliphatic heterocycles. The SMILES string of the molecule is CC.CCOC(=O)CC1CCc2cc(-c3ccc(NC(=O)Nc4cccc(C(F)(F)F)c4)cc3)ccc2C1=O.O=C(O)CC1CCc2cc(-c3ccc(NC(=O)Nc4cccc(C(F)(F)F)c4)cc3)ccc2C1=O. The van der Waals surface area contributed by atoms with Gasteiger partial charge in [-0.2, -0.15) is 26.3 Å².